The summed E-state index contributed by atoms with van der Waals surface area (Å²) in [5.74, 6) is -14.6. The number of nitrogens with one attached hydrogen (secondary N) is 1. The Hall–Kier alpha value is -2.65. The van der Waals surface area contributed by atoms with Gasteiger partial charge in [-0.3, -0.25) is 4.79 Å². The first-order valence-electron chi connectivity index (χ1n) is 8.49. The molecule has 0 fully saturated rings. The van der Waals surface area contributed by atoms with Crippen LogP contribution in [0, 0.1) is 29.1 Å². The lowest BCUT2D eigenvalue weighted by molar-refractivity contribution is -0.149. The van der Waals surface area contributed by atoms with E-state index in [4.69, 9.17) is 9.26 Å². The minimum absolute atomic E-state index is 0.137. The monoisotopic (exact) mass is 453 g/mol. The highest BCUT2D eigenvalue weighted by molar-refractivity contribution is 7.52. The standard InChI is InChI=1S/C18H17F5NO5P/c1-9(2)27-18(25)10(3)24-30(26,28-11-7-5-4-6-8-11)29-17-15(22)13(20)12(19)14(21)16(17)23/h4-10H,1-3H3,(H,24,26). The Kier molecular flexibility index (Phi) is 7.44. The molecule has 0 spiro atoms. The van der Waals surface area contributed by atoms with Crippen molar-refractivity contribution in [2.45, 2.75) is 32.9 Å². The van der Waals surface area contributed by atoms with Crippen LogP contribution in [0.4, 0.5) is 22.0 Å². The lowest BCUT2D eigenvalue weighted by atomic mass is 10.3. The molecule has 0 aliphatic rings. The highest BCUT2D eigenvalue weighted by Gasteiger charge is 2.38. The van der Waals surface area contributed by atoms with E-state index in [1.807, 2.05) is 0 Å². The van der Waals surface area contributed by atoms with Gasteiger partial charge in [0.2, 0.25) is 34.8 Å². The largest absolute Gasteiger partial charge is 0.513 e. The molecule has 2 aromatic rings. The van der Waals surface area contributed by atoms with Crippen LogP contribution in [0.5, 0.6) is 11.5 Å². The van der Waals surface area contributed by atoms with Crippen molar-refractivity contribution in [3.8, 4) is 11.5 Å². The maximum atomic E-state index is 14.0. The lowest BCUT2D eigenvalue weighted by Gasteiger charge is -2.24. The number of halogens is 5. The van der Waals surface area contributed by atoms with Crippen LogP contribution in [0.3, 0.4) is 0 Å². The third-order valence-electron chi connectivity index (χ3n) is 3.41. The predicted molar refractivity (Wildman–Crippen MR) is 95.4 cm³/mol. The summed E-state index contributed by atoms with van der Waals surface area (Å²) in [6.07, 6.45) is -0.549. The summed E-state index contributed by atoms with van der Waals surface area (Å²) < 4.78 is 96.0. The first-order chi connectivity index (χ1) is 13.9. The van der Waals surface area contributed by atoms with Crippen molar-refractivity contribution in [1.82, 2.24) is 5.09 Å². The summed E-state index contributed by atoms with van der Waals surface area (Å²) in [7, 11) is -4.91. The van der Waals surface area contributed by atoms with Crippen molar-refractivity contribution in [1.29, 1.82) is 0 Å². The molecule has 12 heteroatoms. The van der Waals surface area contributed by atoms with Crippen LogP contribution in [-0.2, 0) is 14.1 Å². The van der Waals surface area contributed by atoms with Gasteiger partial charge in [0.05, 0.1) is 6.10 Å². The van der Waals surface area contributed by atoms with Gasteiger partial charge in [0.1, 0.15) is 11.8 Å². The summed E-state index contributed by atoms with van der Waals surface area (Å²) in [4.78, 5) is 12.0. The number of rotatable bonds is 8. The SMILES string of the molecule is CC(C)OC(=O)C(C)NP(=O)(Oc1ccccc1)Oc1c(F)c(F)c(F)c(F)c1F. The van der Waals surface area contributed by atoms with Gasteiger partial charge in [-0.05, 0) is 32.9 Å². The topological polar surface area (TPSA) is 73.9 Å². The number of carbonyl (C=O) groups is 1. The molecule has 2 atom stereocenters. The summed E-state index contributed by atoms with van der Waals surface area (Å²) in [6.45, 7) is 4.25. The Labute approximate surface area is 168 Å². The van der Waals surface area contributed by atoms with E-state index in [0.29, 0.717) is 0 Å². The Morgan fingerprint density at radius 2 is 1.37 bits per heavy atom. The zero-order valence-electron chi connectivity index (χ0n) is 15.9. The first-order valence-corrected chi connectivity index (χ1v) is 10.0. The number of esters is 1. The van der Waals surface area contributed by atoms with E-state index in [1.165, 1.54) is 45.0 Å². The van der Waals surface area contributed by atoms with E-state index in [0.717, 1.165) is 0 Å². The molecule has 0 saturated carbocycles. The summed E-state index contributed by atoms with van der Waals surface area (Å²) in [5.41, 5.74) is 0. The van der Waals surface area contributed by atoms with Gasteiger partial charge >= 0.3 is 13.7 Å². The van der Waals surface area contributed by atoms with Crippen molar-refractivity contribution < 1.29 is 45.1 Å². The molecule has 0 amide bonds. The molecular formula is C18H17F5NO5P. The average Bonchev–Trinajstić information content (AvgIpc) is 2.68. The maximum absolute atomic E-state index is 14.0. The molecule has 2 unspecified atom stereocenters. The van der Waals surface area contributed by atoms with Crippen molar-refractivity contribution in [2.75, 3.05) is 0 Å². The van der Waals surface area contributed by atoms with Gasteiger partial charge in [-0.1, -0.05) is 18.2 Å². The first kappa shape index (κ1) is 23.6. The normalized spacial score (nSPS) is 14.2. The summed E-state index contributed by atoms with van der Waals surface area (Å²) in [5, 5.41) is 2.07. The molecule has 0 aliphatic heterocycles. The molecule has 0 bridgehead atoms. The van der Waals surface area contributed by atoms with Crippen molar-refractivity contribution in [2.24, 2.45) is 0 Å². The zero-order valence-corrected chi connectivity index (χ0v) is 16.8. The number of benzene rings is 2. The second-order valence-corrected chi connectivity index (χ2v) is 7.85. The maximum Gasteiger partial charge on any atom is 0.513 e. The highest BCUT2D eigenvalue weighted by Crippen LogP contribution is 2.47. The molecule has 0 aliphatic carbocycles. The fourth-order valence-corrected chi connectivity index (χ4v) is 3.62. The number of hydrogen-bond acceptors (Lipinski definition) is 5. The van der Waals surface area contributed by atoms with Crippen molar-refractivity contribution in [3.05, 3.63) is 59.4 Å². The second-order valence-electron chi connectivity index (χ2n) is 6.23. The van der Waals surface area contributed by atoms with Gasteiger partial charge in [0.25, 0.3) is 0 Å². The Morgan fingerprint density at radius 3 is 1.87 bits per heavy atom. The molecule has 2 aromatic carbocycles. The molecule has 2 rings (SSSR count). The van der Waals surface area contributed by atoms with Gasteiger partial charge in [-0.2, -0.15) is 13.9 Å². The van der Waals surface area contributed by atoms with Crippen LogP contribution < -0.4 is 14.1 Å². The molecule has 30 heavy (non-hydrogen) atoms. The van der Waals surface area contributed by atoms with Gasteiger partial charge in [-0.15, -0.1) is 0 Å². The average molecular weight is 453 g/mol. The Morgan fingerprint density at radius 1 is 0.867 bits per heavy atom. The number of carbonyl (C=O) groups excluding carboxylic acids is 1. The van der Waals surface area contributed by atoms with Gasteiger partial charge < -0.3 is 13.8 Å². The third-order valence-corrected chi connectivity index (χ3v) is 4.98. The number of para-hydroxylation sites is 1. The van der Waals surface area contributed by atoms with E-state index in [9.17, 15) is 31.3 Å². The molecule has 0 radical (unpaired) electrons. The van der Waals surface area contributed by atoms with E-state index < -0.39 is 60.7 Å². The van der Waals surface area contributed by atoms with E-state index in [2.05, 4.69) is 9.61 Å². The quantitative estimate of drug-likeness (QED) is 0.202. The molecular weight excluding hydrogens is 436 g/mol. The summed E-state index contributed by atoms with van der Waals surface area (Å²) >= 11 is 0. The fraction of sp³-hybridized carbons (Fsp3) is 0.278. The van der Waals surface area contributed by atoms with Crippen LogP contribution >= 0.6 is 7.75 Å². The van der Waals surface area contributed by atoms with Crippen molar-refractivity contribution >= 4 is 13.7 Å². The van der Waals surface area contributed by atoms with Gasteiger partial charge in [0.15, 0.2) is 0 Å². The molecule has 164 valence electrons. The predicted octanol–water partition coefficient (Wildman–Crippen LogP) is 4.88. The molecule has 0 saturated heterocycles. The Bertz CT molecular complexity index is 944. The molecule has 6 nitrogen and oxygen atoms in total. The fourth-order valence-electron chi connectivity index (χ4n) is 2.10. The third kappa shape index (κ3) is 5.48. The Balaban J connectivity index is 2.45. The van der Waals surface area contributed by atoms with E-state index in [-0.39, 0.29) is 5.75 Å². The van der Waals surface area contributed by atoms with Crippen LogP contribution in [0.25, 0.3) is 0 Å². The van der Waals surface area contributed by atoms with Crippen LogP contribution in [0.1, 0.15) is 20.8 Å². The molecule has 0 heterocycles. The lowest BCUT2D eigenvalue weighted by Crippen LogP contribution is -2.37. The summed E-state index contributed by atoms with van der Waals surface area (Å²) in [6, 6.07) is 5.64. The minimum atomic E-state index is -4.91. The minimum Gasteiger partial charge on any atom is -0.462 e. The van der Waals surface area contributed by atoms with Crippen LogP contribution in [0.15, 0.2) is 30.3 Å². The van der Waals surface area contributed by atoms with Crippen LogP contribution in [0.2, 0.25) is 0 Å². The number of ether oxygens (including phenoxy) is 1. The van der Waals surface area contributed by atoms with Gasteiger partial charge in [-0.25, -0.2) is 17.7 Å². The van der Waals surface area contributed by atoms with Gasteiger partial charge in [0, 0.05) is 0 Å². The number of hydrogen-bond donors (Lipinski definition) is 1. The van der Waals surface area contributed by atoms with Crippen molar-refractivity contribution in [3.63, 3.8) is 0 Å². The highest BCUT2D eigenvalue weighted by atomic mass is 31.2. The van der Waals surface area contributed by atoms with E-state index in [1.54, 1.807) is 6.07 Å². The van der Waals surface area contributed by atoms with E-state index >= 15 is 0 Å². The second kappa shape index (κ2) is 9.44. The molecule has 0 aromatic heterocycles. The molecule has 1 N–H and O–H groups in total. The smallest absolute Gasteiger partial charge is 0.462 e. The van der Waals surface area contributed by atoms with Crippen LogP contribution in [-0.4, -0.2) is 18.1 Å². The zero-order chi connectivity index (χ0) is 22.6.